The van der Waals surface area contributed by atoms with Crippen LogP contribution in [0.3, 0.4) is 0 Å². The minimum atomic E-state index is 0.913. The van der Waals surface area contributed by atoms with E-state index in [1.165, 1.54) is 25.9 Å². The highest BCUT2D eigenvalue weighted by Gasteiger charge is 1.82. The van der Waals surface area contributed by atoms with E-state index in [4.69, 9.17) is 0 Å². The second-order valence-corrected chi connectivity index (χ2v) is 3.92. The van der Waals surface area contributed by atoms with Crippen LogP contribution in [-0.4, -0.2) is 18.1 Å². The van der Waals surface area contributed by atoms with Gasteiger partial charge in [-0.15, -0.1) is 12.6 Å². The molecule has 1 aromatic rings. The lowest BCUT2D eigenvalue weighted by Crippen LogP contribution is -2.14. The number of pyridine rings is 1. The quantitative estimate of drug-likeness (QED) is 0.609. The van der Waals surface area contributed by atoms with Crippen molar-refractivity contribution in [3.63, 3.8) is 0 Å². The van der Waals surface area contributed by atoms with Crippen molar-refractivity contribution in [2.24, 2.45) is 0 Å². The van der Waals surface area contributed by atoms with Crippen molar-refractivity contribution in [2.45, 2.75) is 38.5 Å². The van der Waals surface area contributed by atoms with Crippen molar-refractivity contribution in [2.75, 3.05) is 13.1 Å². The van der Waals surface area contributed by atoms with Gasteiger partial charge in [-0.3, -0.25) is 4.98 Å². The van der Waals surface area contributed by atoms with Gasteiger partial charge in [0.1, 0.15) is 0 Å². The van der Waals surface area contributed by atoms with Crippen molar-refractivity contribution in [1.29, 1.82) is 0 Å². The molecule has 2 nitrogen and oxygen atoms in total. The highest BCUT2D eigenvalue weighted by atomic mass is 32.1. The molecule has 1 heterocycles. The zero-order chi connectivity index (χ0) is 11.5. The van der Waals surface area contributed by atoms with Crippen LogP contribution in [0.5, 0.6) is 0 Å². The molecule has 1 aromatic heterocycles. The summed E-state index contributed by atoms with van der Waals surface area (Å²) in [6.45, 7) is 8.67. The molecule has 0 aliphatic carbocycles. The summed E-state index contributed by atoms with van der Waals surface area (Å²) in [4.78, 5) is 4.91. The fraction of sp³-hybridized carbons (Fsp3) is 0.583. The summed E-state index contributed by atoms with van der Waals surface area (Å²) in [5.41, 5.74) is 1.03. The third-order valence-electron chi connectivity index (χ3n) is 1.75. The number of hydrogen-bond acceptors (Lipinski definition) is 3. The summed E-state index contributed by atoms with van der Waals surface area (Å²) >= 11 is 4.07. The lowest BCUT2D eigenvalue weighted by Gasteiger charge is -1.95. The van der Waals surface area contributed by atoms with Crippen molar-refractivity contribution in [3.05, 3.63) is 24.0 Å². The second-order valence-electron chi connectivity index (χ2n) is 3.41. The number of aryl methyl sites for hydroxylation is 1. The number of rotatable bonds is 4. The normalized spacial score (nSPS) is 9.33. The fourth-order valence-electron chi connectivity index (χ4n) is 0.939. The Balaban J connectivity index is 0.000000265. The minimum absolute atomic E-state index is 0.913. The third kappa shape index (κ3) is 9.76. The summed E-state index contributed by atoms with van der Waals surface area (Å²) in [6, 6.07) is 3.85. The van der Waals surface area contributed by atoms with Crippen LogP contribution < -0.4 is 5.32 Å². The van der Waals surface area contributed by atoms with Gasteiger partial charge in [-0.25, -0.2) is 0 Å². The van der Waals surface area contributed by atoms with E-state index in [2.05, 4.69) is 36.8 Å². The Labute approximate surface area is 98.9 Å². The van der Waals surface area contributed by atoms with E-state index in [1.54, 1.807) is 6.20 Å². The zero-order valence-electron chi connectivity index (χ0n) is 9.95. The molecule has 1 rings (SSSR count). The Morgan fingerprint density at radius 2 is 1.80 bits per heavy atom. The first-order valence-electron chi connectivity index (χ1n) is 5.53. The predicted molar refractivity (Wildman–Crippen MR) is 69.7 cm³/mol. The maximum atomic E-state index is 4.07. The molecule has 0 atom stereocenters. The van der Waals surface area contributed by atoms with Gasteiger partial charge in [-0.2, -0.15) is 0 Å². The maximum absolute atomic E-state index is 4.07. The van der Waals surface area contributed by atoms with Crippen molar-refractivity contribution in [3.8, 4) is 0 Å². The van der Waals surface area contributed by atoms with Gasteiger partial charge in [0, 0.05) is 16.8 Å². The van der Waals surface area contributed by atoms with E-state index in [9.17, 15) is 0 Å². The molecule has 0 fully saturated rings. The predicted octanol–water partition coefficient (Wildman–Crippen LogP) is 3.07. The molecule has 0 unspecified atom stereocenters. The summed E-state index contributed by atoms with van der Waals surface area (Å²) in [6.07, 6.45) is 4.23. The van der Waals surface area contributed by atoms with Gasteiger partial charge in [-0.1, -0.05) is 13.8 Å². The highest BCUT2D eigenvalue weighted by Crippen LogP contribution is 2.01. The van der Waals surface area contributed by atoms with Crippen molar-refractivity contribution >= 4 is 12.6 Å². The molecule has 0 aliphatic heterocycles. The van der Waals surface area contributed by atoms with E-state index in [0.717, 1.165) is 10.6 Å². The fourth-order valence-corrected chi connectivity index (χ4v) is 1.07. The standard InChI is InChI=1S/C6H7NS.C6H15N/c1-5-2-3-6(8)4-7-5;1-3-5-7-6-4-2/h2-4,8H,1H3;7H,3-6H2,1-2H3. The maximum Gasteiger partial charge on any atom is 0.0404 e. The van der Waals surface area contributed by atoms with Crippen LogP contribution in [0.1, 0.15) is 32.4 Å². The molecule has 0 bridgehead atoms. The molecular weight excluding hydrogens is 204 g/mol. The van der Waals surface area contributed by atoms with Crippen molar-refractivity contribution in [1.82, 2.24) is 10.3 Å². The van der Waals surface area contributed by atoms with Gasteiger partial charge in [0.05, 0.1) is 0 Å². The van der Waals surface area contributed by atoms with Gasteiger partial charge >= 0.3 is 0 Å². The first kappa shape index (κ1) is 14.5. The third-order valence-corrected chi connectivity index (χ3v) is 2.01. The lowest BCUT2D eigenvalue weighted by atomic mass is 10.4. The van der Waals surface area contributed by atoms with Gasteiger partial charge < -0.3 is 5.32 Å². The van der Waals surface area contributed by atoms with Crippen LogP contribution >= 0.6 is 12.6 Å². The molecule has 0 saturated heterocycles. The van der Waals surface area contributed by atoms with E-state index in [1.807, 2.05) is 19.1 Å². The second kappa shape index (κ2) is 9.99. The molecule has 1 N–H and O–H groups in total. The van der Waals surface area contributed by atoms with E-state index in [0.29, 0.717) is 0 Å². The largest absolute Gasteiger partial charge is 0.317 e. The van der Waals surface area contributed by atoms with Crippen LogP contribution in [0.25, 0.3) is 0 Å². The number of hydrogen-bond donors (Lipinski definition) is 2. The molecule has 0 radical (unpaired) electrons. The smallest absolute Gasteiger partial charge is 0.0404 e. The molecule has 0 aliphatic rings. The molecule has 15 heavy (non-hydrogen) atoms. The van der Waals surface area contributed by atoms with Crippen LogP contribution in [0, 0.1) is 6.92 Å². The molecule has 0 amide bonds. The van der Waals surface area contributed by atoms with Crippen LogP contribution in [0.4, 0.5) is 0 Å². The van der Waals surface area contributed by atoms with E-state index in [-0.39, 0.29) is 0 Å². The molecule has 86 valence electrons. The Bertz CT molecular complexity index is 209. The number of nitrogens with zero attached hydrogens (tertiary/aromatic N) is 1. The SMILES string of the molecule is CCCNCCC.Cc1ccc(S)cn1. The van der Waals surface area contributed by atoms with Crippen LogP contribution in [0.2, 0.25) is 0 Å². The van der Waals surface area contributed by atoms with E-state index >= 15 is 0 Å². The number of thiol groups is 1. The lowest BCUT2D eigenvalue weighted by molar-refractivity contribution is 0.662. The Morgan fingerprint density at radius 1 is 1.20 bits per heavy atom. The van der Waals surface area contributed by atoms with Crippen LogP contribution in [-0.2, 0) is 0 Å². The highest BCUT2D eigenvalue weighted by molar-refractivity contribution is 7.80. The Hall–Kier alpha value is -0.540. The molecule has 0 spiro atoms. The Kier molecular flexibility index (Phi) is 9.63. The first-order valence-corrected chi connectivity index (χ1v) is 5.97. The summed E-state index contributed by atoms with van der Waals surface area (Å²) < 4.78 is 0. The first-order chi connectivity index (χ1) is 7.20. The topological polar surface area (TPSA) is 24.9 Å². The average molecular weight is 226 g/mol. The summed E-state index contributed by atoms with van der Waals surface area (Å²) in [5.74, 6) is 0. The monoisotopic (exact) mass is 226 g/mol. The molecular formula is C12H22N2S. The number of nitrogens with one attached hydrogen (secondary N) is 1. The van der Waals surface area contributed by atoms with Gasteiger partial charge in [0.15, 0.2) is 0 Å². The van der Waals surface area contributed by atoms with E-state index < -0.39 is 0 Å². The van der Waals surface area contributed by atoms with Gasteiger partial charge in [0.25, 0.3) is 0 Å². The van der Waals surface area contributed by atoms with Gasteiger partial charge in [0.2, 0.25) is 0 Å². The van der Waals surface area contributed by atoms with Crippen LogP contribution in [0.15, 0.2) is 23.2 Å². The molecule has 3 heteroatoms. The average Bonchev–Trinajstić information content (AvgIpc) is 2.24. The Morgan fingerprint density at radius 3 is 2.13 bits per heavy atom. The molecule has 0 aromatic carbocycles. The zero-order valence-corrected chi connectivity index (χ0v) is 10.8. The summed E-state index contributed by atoms with van der Waals surface area (Å²) in [7, 11) is 0. The summed E-state index contributed by atoms with van der Waals surface area (Å²) in [5, 5.41) is 3.28. The number of aromatic nitrogens is 1. The van der Waals surface area contributed by atoms with Crippen molar-refractivity contribution < 1.29 is 0 Å². The molecule has 0 saturated carbocycles. The van der Waals surface area contributed by atoms with Gasteiger partial charge in [-0.05, 0) is 45.0 Å². The minimum Gasteiger partial charge on any atom is -0.317 e.